The Morgan fingerprint density at radius 3 is 2.50 bits per heavy atom. The van der Waals surface area contributed by atoms with Crippen LogP contribution in [0.2, 0.25) is 5.02 Å². The number of hydrogen-bond donors (Lipinski definition) is 1. The lowest BCUT2D eigenvalue weighted by atomic mass is 9.80. The summed E-state index contributed by atoms with van der Waals surface area (Å²) in [5, 5.41) is 5.29. The van der Waals surface area contributed by atoms with Crippen LogP contribution in [0.1, 0.15) is 38.1 Å². The van der Waals surface area contributed by atoms with E-state index < -0.39 is 0 Å². The molecule has 1 fully saturated rings. The number of nitrogens with zero attached hydrogens (tertiary/aromatic N) is 3. The highest BCUT2D eigenvalue weighted by Crippen LogP contribution is 2.32. The van der Waals surface area contributed by atoms with E-state index >= 15 is 0 Å². The summed E-state index contributed by atoms with van der Waals surface area (Å²) in [7, 11) is 1.96. The normalized spacial score (nSPS) is 19.2. The monoisotopic (exact) mass is 314 g/mol. The van der Waals surface area contributed by atoms with Crippen LogP contribution in [-0.2, 0) is 20.0 Å². The Bertz CT molecular complexity index is 504. The summed E-state index contributed by atoms with van der Waals surface area (Å²) in [5.41, 5.74) is 7.94. The minimum Gasteiger partial charge on any atom is -0.393 e. The lowest BCUT2D eigenvalue weighted by Gasteiger charge is -2.38. The summed E-state index contributed by atoms with van der Waals surface area (Å²) in [5.74, 6) is 0. The van der Waals surface area contributed by atoms with Crippen LogP contribution in [0, 0.1) is 5.41 Å². The number of rotatable bonds is 4. The quantitative estimate of drug-likeness (QED) is 0.868. The van der Waals surface area contributed by atoms with Gasteiger partial charge in [-0.25, -0.2) is 0 Å². The van der Waals surface area contributed by atoms with Gasteiger partial charge in [0.25, 0.3) is 0 Å². The smallest absolute Gasteiger partial charge is 0.0863 e. The molecule has 0 aromatic carbocycles. The zero-order valence-electron chi connectivity index (χ0n) is 12.4. The van der Waals surface area contributed by atoms with Crippen LogP contribution in [0.3, 0.4) is 0 Å². The fraction of sp³-hybridized carbons (Fsp3) is 0.714. The number of likely N-dealkylation sites (tertiary alicyclic amines) is 1. The lowest BCUT2D eigenvalue weighted by molar-refractivity contribution is 0.155. The van der Waals surface area contributed by atoms with Crippen molar-refractivity contribution in [3.05, 3.63) is 16.4 Å². The van der Waals surface area contributed by atoms with Crippen LogP contribution < -0.4 is 5.73 Å². The molecule has 0 unspecified atom stereocenters. The van der Waals surface area contributed by atoms with Crippen molar-refractivity contribution >= 4 is 28.8 Å². The van der Waals surface area contributed by atoms with Gasteiger partial charge in [-0.15, -0.1) is 0 Å². The van der Waals surface area contributed by atoms with Gasteiger partial charge in [-0.3, -0.25) is 9.58 Å². The first-order valence-corrected chi connectivity index (χ1v) is 7.88. The summed E-state index contributed by atoms with van der Waals surface area (Å²) in [6.07, 6.45) is 2.89. The summed E-state index contributed by atoms with van der Waals surface area (Å²) >= 11 is 11.6. The first-order chi connectivity index (χ1) is 9.37. The maximum absolute atomic E-state index is 6.40. The minimum absolute atomic E-state index is 0.0106. The second-order valence-corrected chi connectivity index (χ2v) is 6.70. The molecule has 0 saturated carbocycles. The highest BCUT2D eigenvalue weighted by Gasteiger charge is 2.33. The third kappa shape index (κ3) is 3.00. The van der Waals surface area contributed by atoms with Crippen LogP contribution >= 0.6 is 23.8 Å². The molecule has 2 N–H and O–H groups in total. The summed E-state index contributed by atoms with van der Waals surface area (Å²) < 4.78 is 1.91. The molecule has 1 aliphatic heterocycles. The van der Waals surface area contributed by atoms with E-state index in [1.54, 1.807) is 0 Å². The Labute approximate surface area is 131 Å². The van der Waals surface area contributed by atoms with E-state index in [0.717, 1.165) is 55.3 Å². The molecule has 112 valence electrons. The van der Waals surface area contributed by atoms with E-state index in [1.807, 2.05) is 11.7 Å². The van der Waals surface area contributed by atoms with E-state index in [-0.39, 0.29) is 5.41 Å². The van der Waals surface area contributed by atoms with Gasteiger partial charge in [0.15, 0.2) is 0 Å². The van der Waals surface area contributed by atoms with Crippen molar-refractivity contribution in [2.75, 3.05) is 13.1 Å². The van der Waals surface area contributed by atoms with E-state index in [4.69, 9.17) is 29.6 Å². The summed E-state index contributed by atoms with van der Waals surface area (Å²) in [6.45, 7) is 7.08. The standard InChI is InChI=1S/C14H23ClN4S/c1-4-10-12(15)11(18(3)17-10)9-19-7-5-14(2,6-8-19)13(16)20/h4-9H2,1-3H3,(H2,16,20). The molecule has 1 saturated heterocycles. The van der Waals surface area contributed by atoms with Crippen molar-refractivity contribution in [1.29, 1.82) is 0 Å². The molecule has 0 aliphatic carbocycles. The number of halogens is 1. The Morgan fingerprint density at radius 1 is 1.45 bits per heavy atom. The average molecular weight is 315 g/mol. The van der Waals surface area contributed by atoms with Crippen molar-refractivity contribution in [2.24, 2.45) is 18.2 Å². The Kier molecular flexibility index (Phi) is 4.72. The Balaban J connectivity index is 2.03. The molecule has 1 aliphatic rings. The first kappa shape index (κ1) is 15.7. The summed E-state index contributed by atoms with van der Waals surface area (Å²) in [6, 6.07) is 0. The molecule has 1 aromatic heterocycles. The van der Waals surface area contributed by atoms with Crippen LogP contribution in [0.4, 0.5) is 0 Å². The second kappa shape index (κ2) is 6.00. The highest BCUT2D eigenvalue weighted by molar-refractivity contribution is 7.80. The van der Waals surface area contributed by atoms with Crippen molar-refractivity contribution in [3.63, 3.8) is 0 Å². The molecule has 0 bridgehead atoms. The molecule has 0 radical (unpaired) electrons. The van der Waals surface area contributed by atoms with Gasteiger partial charge in [0, 0.05) is 19.0 Å². The highest BCUT2D eigenvalue weighted by atomic mass is 35.5. The largest absolute Gasteiger partial charge is 0.393 e. The number of nitrogens with two attached hydrogens (primary N) is 1. The third-order valence-corrected chi connectivity index (χ3v) is 5.36. The zero-order valence-corrected chi connectivity index (χ0v) is 14.0. The molecule has 20 heavy (non-hydrogen) atoms. The molecular weight excluding hydrogens is 292 g/mol. The van der Waals surface area contributed by atoms with Gasteiger partial charge in [0.05, 0.1) is 21.4 Å². The fourth-order valence-corrected chi connectivity index (χ4v) is 3.21. The fourth-order valence-electron chi connectivity index (χ4n) is 2.65. The van der Waals surface area contributed by atoms with Crippen molar-refractivity contribution in [2.45, 2.75) is 39.7 Å². The topological polar surface area (TPSA) is 47.1 Å². The van der Waals surface area contributed by atoms with Gasteiger partial charge in [0.1, 0.15) is 0 Å². The number of aryl methyl sites for hydroxylation is 2. The Hall–Kier alpha value is -0.650. The first-order valence-electron chi connectivity index (χ1n) is 7.10. The van der Waals surface area contributed by atoms with Crippen LogP contribution in [-0.4, -0.2) is 32.8 Å². The van der Waals surface area contributed by atoms with E-state index in [1.165, 1.54) is 0 Å². The molecule has 2 heterocycles. The van der Waals surface area contributed by atoms with E-state index in [9.17, 15) is 0 Å². The molecule has 2 rings (SSSR count). The van der Waals surface area contributed by atoms with Crippen LogP contribution in [0.5, 0.6) is 0 Å². The molecule has 6 heteroatoms. The van der Waals surface area contributed by atoms with Crippen LogP contribution in [0.15, 0.2) is 0 Å². The van der Waals surface area contributed by atoms with Gasteiger partial charge in [0.2, 0.25) is 0 Å². The van der Waals surface area contributed by atoms with Crippen molar-refractivity contribution in [1.82, 2.24) is 14.7 Å². The number of piperidine rings is 1. The maximum atomic E-state index is 6.40. The van der Waals surface area contributed by atoms with E-state index in [0.29, 0.717) is 4.99 Å². The number of thiocarbonyl (C=S) groups is 1. The Morgan fingerprint density at radius 2 is 2.05 bits per heavy atom. The van der Waals surface area contributed by atoms with Crippen molar-refractivity contribution in [3.8, 4) is 0 Å². The average Bonchev–Trinajstić information content (AvgIpc) is 2.68. The van der Waals surface area contributed by atoms with Gasteiger partial charge < -0.3 is 5.73 Å². The predicted octanol–water partition coefficient (Wildman–Crippen LogP) is 2.52. The van der Waals surface area contributed by atoms with Crippen molar-refractivity contribution < 1.29 is 0 Å². The SMILES string of the molecule is CCc1nn(C)c(CN2CCC(C)(C(N)=S)CC2)c1Cl. The lowest BCUT2D eigenvalue weighted by Crippen LogP contribution is -2.44. The zero-order chi connectivity index (χ0) is 14.9. The van der Waals surface area contributed by atoms with Gasteiger partial charge in [-0.1, -0.05) is 37.7 Å². The number of hydrogen-bond acceptors (Lipinski definition) is 3. The van der Waals surface area contributed by atoms with Gasteiger partial charge in [-0.05, 0) is 32.4 Å². The second-order valence-electron chi connectivity index (χ2n) is 5.89. The molecular formula is C14H23ClN4S. The maximum Gasteiger partial charge on any atom is 0.0863 e. The summed E-state index contributed by atoms with van der Waals surface area (Å²) in [4.78, 5) is 3.05. The molecule has 0 spiro atoms. The van der Waals surface area contributed by atoms with E-state index in [2.05, 4.69) is 23.8 Å². The molecule has 0 amide bonds. The van der Waals surface area contributed by atoms with Gasteiger partial charge >= 0.3 is 0 Å². The minimum atomic E-state index is 0.0106. The van der Waals surface area contributed by atoms with Crippen LogP contribution in [0.25, 0.3) is 0 Å². The third-order valence-electron chi connectivity index (χ3n) is 4.43. The molecule has 0 atom stereocenters. The molecule has 4 nitrogen and oxygen atoms in total. The molecule has 1 aromatic rings. The number of aromatic nitrogens is 2. The van der Waals surface area contributed by atoms with Gasteiger partial charge in [-0.2, -0.15) is 5.10 Å². The predicted molar refractivity (Wildman–Crippen MR) is 87.0 cm³/mol.